The van der Waals surface area contributed by atoms with Gasteiger partial charge in [0.05, 0.1) is 0 Å². The molecule has 1 unspecified atom stereocenters. The second-order valence-corrected chi connectivity index (χ2v) is 5.42. The predicted molar refractivity (Wildman–Crippen MR) is 76.7 cm³/mol. The number of Topliss-reactive ketones (excluding diaryl/α,β-unsaturated/α-hetero) is 1. The van der Waals surface area contributed by atoms with Crippen molar-refractivity contribution < 1.29 is 4.79 Å². The van der Waals surface area contributed by atoms with Gasteiger partial charge in [-0.25, -0.2) is 0 Å². The summed E-state index contributed by atoms with van der Waals surface area (Å²) in [5.74, 6) is 0.946. The van der Waals surface area contributed by atoms with Crippen molar-refractivity contribution in [3.63, 3.8) is 0 Å². The van der Waals surface area contributed by atoms with Gasteiger partial charge in [0.25, 0.3) is 0 Å². The monoisotopic (exact) mass is 247 g/mol. The van der Waals surface area contributed by atoms with Gasteiger partial charge in [-0.05, 0) is 36.4 Å². The van der Waals surface area contributed by atoms with Gasteiger partial charge in [0, 0.05) is 12.3 Å². The van der Waals surface area contributed by atoms with Gasteiger partial charge in [-0.3, -0.25) is 4.79 Å². The molecule has 2 N–H and O–H groups in total. The van der Waals surface area contributed by atoms with Gasteiger partial charge >= 0.3 is 0 Å². The van der Waals surface area contributed by atoms with Crippen LogP contribution >= 0.6 is 0 Å². The topological polar surface area (TPSA) is 43.1 Å². The Bertz CT molecular complexity index is 367. The largest absolute Gasteiger partial charge is 0.330 e. The summed E-state index contributed by atoms with van der Waals surface area (Å²) >= 11 is 0. The zero-order chi connectivity index (χ0) is 13.5. The second kappa shape index (κ2) is 7.32. The number of nitrogens with two attached hydrogens (primary N) is 1. The summed E-state index contributed by atoms with van der Waals surface area (Å²) in [6, 6.07) is 8.45. The van der Waals surface area contributed by atoms with Crippen LogP contribution in [0.1, 0.15) is 50.7 Å². The van der Waals surface area contributed by atoms with Crippen molar-refractivity contribution in [3.05, 3.63) is 35.4 Å². The van der Waals surface area contributed by atoms with Gasteiger partial charge < -0.3 is 5.73 Å². The van der Waals surface area contributed by atoms with Crippen LogP contribution in [0.3, 0.4) is 0 Å². The molecule has 2 nitrogen and oxygen atoms in total. The molecular weight excluding hydrogens is 222 g/mol. The van der Waals surface area contributed by atoms with E-state index in [0.29, 0.717) is 18.9 Å². The number of benzene rings is 1. The molecule has 0 spiro atoms. The number of carbonyl (C=O) groups excluding carboxylic acids is 1. The predicted octanol–water partition coefficient (Wildman–Crippen LogP) is 3.30. The molecule has 0 saturated carbocycles. The van der Waals surface area contributed by atoms with E-state index in [1.165, 1.54) is 5.56 Å². The highest BCUT2D eigenvalue weighted by molar-refractivity contribution is 5.85. The average Bonchev–Trinajstić information content (AvgIpc) is 2.35. The minimum absolute atomic E-state index is 0.00958. The lowest BCUT2D eigenvalue weighted by Gasteiger charge is -2.12. The lowest BCUT2D eigenvalue weighted by molar-refractivity contribution is -0.120. The first-order chi connectivity index (χ1) is 8.54. The van der Waals surface area contributed by atoms with E-state index in [2.05, 4.69) is 38.1 Å². The maximum Gasteiger partial charge on any atom is 0.140 e. The molecule has 1 aromatic carbocycles. The zero-order valence-electron chi connectivity index (χ0n) is 11.8. The molecule has 2 heteroatoms. The molecule has 0 heterocycles. The Balaban J connectivity index is 2.63. The molecule has 0 aliphatic carbocycles. The number of hydrogen-bond acceptors (Lipinski definition) is 2. The van der Waals surface area contributed by atoms with E-state index in [4.69, 9.17) is 5.73 Å². The third kappa shape index (κ3) is 4.61. The maximum atomic E-state index is 11.9. The summed E-state index contributed by atoms with van der Waals surface area (Å²) in [6.07, 6.45) is 2.47. The van der Waals surface area contributed by atoms with Crippen LogP contribution in [0.15, 0.2) is 24.3 Å². The number of rotatable bonds is 7. The first kappa shape index (κ1) is 14.9. The fraction of sp³-hybridized carbons (Fsp3) is 0.562. The van der Waals surface area contributed by atoms with Gasteiger partial charge in [0.15, 0.2) is 0 Å². The third-order valence-corrected chi connectivity index (χ3v) is 3.23. The summed E-state index contributed by atoms with van der Waals surface area (Å²) in [5, 5.41) is 0. The second-order valence-electron chi connectivity index (χ2n) is 5.42. The van der Waals surface area contributed by atoms with E-state index in [1.54, 1.807) is 0 Å². The molecule has 1 aromatic rings. The number of carbonyl (C=O) groups is 1. The molecule has 0 fully saturated rings. The van der Waals surface area contributed by atoms with E-state index in [-0.39, 0.29) is 11.7 Å². The van der Waals surface area contributed by atoms with Crippen molar-refractivity contribution in [2.45, 2.75) is 46.0 Å². The van der Waals surface area contributed by atoms with E-state index in [0.717, 1.165) is 18.4 Å². The van der Waals surface area contributed by atoms with E-state index in [9.17, 15) is 4.79 Å². The number of hydrogen-bond donors (Lipinski definition) is 1. The molecule has 0 aliphatic heterocycles. The highest BCUT2D eigenvalue weighted by Gasteiger charge is 2.14. The first-order valence-electron chi connectivity index (χ1n) is 6.86. The van der Waals surface area contributed by atoms with Crippen molar-refractivity contribution in [1.82, 2.24) is 0 Å². The third-order valence-electron chi connectivity index (χ3n) is 3.23. The Hall–Kier alpha value is -1.15. The van der Waals surface area contributed by atoms with Crippen LogP contribution in [-0.4, -0.2) is 12.3 Å². The summed E-state index contributed by atoms with van der Waals surface area (Å²) in [6.45, 7) is 7.00. The van der Waals surface area contributed by atoms with Crippen LogP contribution in [0.25, 0.3) is 0 Å². The minimum atomic E-state index is -0.00958. The Morgan fingerprint density at radius 2 is 1.78 bits per heavy atom. The Labute approximate surface area is 111 Å². The molecule has 18 heavy (non-hydrogen) atoms. The van der Waals surface area contributed by atoms with Crippen LogP contribution in [-0.2, 0) is 11.2 Å². The molecule has 0 bridgehead atoms. The van der Waals surface area contributed by atoms with Crippen LogP contribution in [0.4, 0.5) is 0 Å². The Morgan fingerprint density at radius 3 is 2.28 bits per heavy atom. The maximum absolute atomic E-state index is 11.9. The lowest BCUT2D eigenvalue weighted by Crippen LogP contribution is -2.11. The minimum Gasteiger partial charge on any atom is -0.330 e. The number of ketones is 1. The summed E-state index contributed by atoms with van der Waals surface area (Å²) in [5.41, 5.74) is 7.89. The Kier molecular flexibility index (Phi) is 6.06. The van der Waals surface area contributed by atoms with Crippen LogP contribution < -0.4 is 5.73 Å². The van der Waals surface area contributed by atoms with Gasteiger partial charge in [-0.15, -0.1) is 0 Å². The van der Waals surface area contributed by atoms with Crippen molar-refractivity contribution in [2.24, 2.45) is 11.7 Å². The molecule has 0 aromatic heterocycles. The lowest BCUT2D eigenvalue weighted by atomic mass is 9.92. The van der Waals surface area contributed by atoms with Crippen molar-refractivity contribution >= 4 is 5.78 Å². The highest BCUT2D eigenvalue weighted by Crippen LogP contribution is 2.20. The smallest absolute Gasteiger partial charge is 0.140 e. The van der Waals surface area contributed by atoms with Crippen molar-refractivity contribution in [2.75, 3.05) is 6.54 Å². The first-order valence-corrected chi connectivity index (χ1v) is 6.86. The Morgan fingerprint density at radius 1 is 1.17 bits per heavy atom. The summed E-state index contributed by atoms with van der Waals surface area (Å²) in [4.78, 5) is 11.9. The van der Waals surface area contributed by atoms with E-state index < -0.39 is 0 Å². The summed E-state index contributed by atoms with van der Waals surface area (Å²) < 4.78 is 0. The highest BCUT2D eigenvalue weighted by atomic mass is 16.1. The van der Waals surface area contributed by atoms with Gasteiger partial charge in [-0.1, -0.05) is 45.0 Å². The molecule has 100 valence electrons. The van der Waals surface area contributed by atoms with E-state index >= 15 is 0 Å². The van der Waals surface area contributed by atoms with E-state index in [1.807, 2.05) is 6.92 Å². The molecule has 0 saturated heterocycles. The van der Waals surface area contributed by atoms with Crippen LogP contribution in [0, 0.1) is 5.92 Å². The average molecular weight is 247 g/mol. The van der Waals surface area contributed by atoms with Gasteiger partial charge in [0.2, 0.25) is 0 Å². The van der Waals surface area contributed by atoms with Gasteiger partial charge in [0.1, 0.15) is 5.78 Å². The fourth-order valence-corrected chi connectivity index (χ4v) is 2.09. The summed E-state index contributed by atoms with van der Waals surface area (Å²) in [7, 11) is 0. The normalized spacial score (nSPS) is 12.7. The van der Waals surface area contributed by atoms with Crippen molar-refractivity contribution in [3.8, 4) is 0 Å². The molecule has 1 rings (SSSR count). The fourth-order valence-electron chi connectivity index (χ4n) is 2.09. The zero-order valence-corrected chi connectivity index (χ0v) is 11.8. The SMILES string of the molecule is CC(C)Cc1ccc(C(C)C(=O)CCCN)cc1. The molecule has 0 amide bonds. The van der Waals surface area contributed by atoms with Crippen LogP contribution in [0.2, 0.25) is 0 Å². The van der Waals surface area contributed by atoms with Gasteiger partial charge in [-0.2, -0.15) is 0 Å². The van der Waals surface area contributed by atoms with Crippen molar-refractivity contribution in [1.29, 1.82) is 0 Å². The quantitative estimate of drug-likeness (QED) is 0.803. The van der Waals surface area contributed by atoms with Crippen LogP contribution in [0.5, 0.6) is 0 Å². The molecular formula is C16H25NO. The molecule has 0 radical (unpaired) electrons. The standard InChI is InChI=1S/C16H25NO/c1-12(2)11-14-6-8-15(9-7-14)13(3)16(18)5-4-10-17/h6-9,12-13H,4-5,10-11,17H2,1-3H3. The molecule has 0 aliphatic rings. The molecule has 1 atom stereocenters.